The minimum Gasteiger partial charge on any atom is -0.478 e. The molecule has 0 aliphatic heterocycles. The van der Waals surface area contributed by atoms with E-state index in [1.807, 2.05) is 0 Å². The Morgan fingerprint density at radius 1 is 0.952 bits per heavy atom. The van der Waals surface area contributed by atoms with Gasteiger partial charge in [0.1, 0.15) is 22.7 Å². The van der Waals surface area contributed by atoms with E-state index in [0.29, 0.717) is 22.8 Å². The number of fused-ring (bicyclic) bond motifs is 1. The van der Waals surface area contributed by atoms with Crippen molar-refractivity contribution in [2.45, 2.75) is 25.7 Å². The highest BCUT2D eigenvalue weighted by Gasteiger charge is 2.34. The highest BCUT2D eigenvalue weighted by Crippen LogP contribution is 2.32. The summed E-state index contributed by atoms with van der Waals surface area (Å²) in [7, 11) is 0. The second-order valence-electron chi connectivity index (χ2n) is 9.58. The van der Waals surface area contributed by atoms with Crippen molar-refractivity contribution < 1.29 is 36.6 Å². The van der Waals surface area contributed by atoms with E-state index in [4.69, 9.17) is 5.11 Å². The molecule has 0 saturated carbocycles. The maximum Gasteiger partial charge on any atom is 0.419 e. The molecule has 0 bridgehead atoms. The van der Waals surface area contributed by atoms with E-state index in [1.54, 1.807) is 31.2 Å². The third-order valence-corrected chi connectivity index (χ3v) is 6.69. The molecule has 1 amide bonds. The van der Waals surface area contributed by atoms with E-state index in [1.165, 1.54) is 41.1 Å². The van der Waals surface area contributed by atoms with Crippen LogP contribution in [0, 0.1) is 11.6 Å². The lowest BCUT2D eigenvalue weighted by molar-refractivity contribution is -0.140. The van der Waals surface area contributed by atoms with Crippen LogP contribution >= 0.6 is 0 Å². The quantitative estimate of drug-likeness (QED) is 0.211. The van der Waals surface area contributed by atoms with Gasteiger partial charge in [0.2, 0.25) is 0 Å². The smallest absolute Gasteiger partial charge is 0.419 e. The van der Waals surface area contributed by atoms with Crippen LogP contribution in [0.1, 0.15) is 50.4 Å². The van der Waals surface area contributed by atoms with Crippen molar-refractivity contribution in [2.24, 2.45) is 0 Å². The third kappa shape index (κ3) is 5.82. The minimum absolute atomic E-state index is 0.0801. The van der Waals surface area contributed by atoms with Crippen molar-refractivity contribution >= 4 is 22.9 Å². The van der Waals surface area contributed by atoms with Crippen LogP contribution in [0.25, 0.3) is 22.2 Å². The van der Waals surface area contributed by atoms with Crippen molar-refractivity contribution in [1.29, 1.82) is 0 Å². The van der Waals surface area contributed by atoms with Crippen LogP contribution in [0.15, 0.2) is 78.9 Å². The molecule has 42 heavy (non-hydrogen) atoms. The number of benzene rings is 4. The molecule has 7 nitrogen and oxygen atoms in total. The average Bonchev–Trinajstić information content (AvgIpc) is 3.34. The summed E-state index contributed by atoms with van der Waals surface area (Å²) in [5, 5.41) is 20.2. The predicted molar refractivity (Wildman–Crippen MR) is 143 cm³/mol. The number of carboxylic acid groups (broad SMARTS) is 1. The van der Waals surface area contributed by atoms with Crippen molar-refractivity contribution in [3.8, 4) is 11.1 Å². The van der Waals surface area contributed by atoms with E-state index in [9.17, 15) is 31.5 Å². The molecule has 0 aliphatic carbocycles. The zero-order valence-electron chi connectivity index (χ0n) is 21.8. The number of amides is 1. The number of hydrogen-bond donors (Lipinski definition) is 2. The summed E-state index contributed by atoms with van der Waals surface area (Å²) in [5.41, 5.74) is 0.919. The van der Waals surface area contributed by atoms with Crippen LogP contribution < -0.4 is 5.32 Å². The second-order valence-corrected chi connectivity index (χ2v) is 9.58. The van der Waals surface area contributed by atoms with Gasteiger partial charge in [-0.25, -0.2) is 18.3 Å². The lowest BCUT2D eigenvalue weighted by Gasteiger charge is -2.16. The summed E-state index contributed by atoms with van der Waals surface area (Å²) in [5.74, 6) is -3.61. The maximum atomic E-state index is 14.3. The maximum absolute atomic E-state index is 14.3. The molecule has 5 rings (SSSR count). The van der Waals surface area contributed by atoms with Gasteiger partial charge in [-0.1, -0.05) is 35.5 Å². The van der Waals surface area contributed by atoms with Gasteiger partial charge in [-0.05, 0) is 77.7 Å². The molecule has 5 aromatic rings. The lowest BCUT2D eigenvalue weighted by Crippen LogP contribution is -2.27. The minimum atomic E-state index is -4.86. The van der Waals surface area contributed by atoms with Gasteiger partial charge in [0.15, 0.2) is 0 Å². The number of carbonyl (C=O) groups excluding carboxylic acids is 1. The van der Waals surface area contributed by atoms with E-state index >= 15 is 0 Å². The summed E-state index contributed by atoms with van der Waals surface area (Å²) in [6.45, 7) is 1.50. The van der Waals surface area contributed by atoms with Crippen molar-refractivity contribution in [3.63, 3.8) is 0 Å². The predicted octanol–water partition coefficient (Wildman–Crippen LogP) is 6.63. The number of nitrogens with one attached hydrogen (secondary N) is 1. The number of aromatic carboxylic acids is 1. The molecule has 1 heterocycles. The Kier molecular flexibility index (Phi) is 7.46. The normalized spacial score (nSPS) is 12.3. The van der Waals surface area contributed by atoms with Crippen molar-refractivity contribution in [3.05, 3.63) is 118 Å². The molecule has 0 unspecified atom stereocenters. The first kappa shape index (κ1) is 28.4. The fourth-order valence-electron chi connectivity index (χ4n) is 4.56. The fraction of sp³-hybridized carbons (Fsp3) is 0.133. The summed E-state index contributed by atoms with van der Waals surface area (Å²) in [4.78, 5) is 24.8. The monoisotopic (exact) mass is 580 g/mol. The van der Waals surface area contributed by atoms with Gasteiger partial charge in [-0.15, -0.1) is 5.10 Å². The summed E-state index contributed by atoms with van der Waals surface area (Å²) >= 11 is 0. The summed E-state index contributed by atoms with van der Waals surface area (Å²) < 4.78 is 68.6. The van der Waals surface area contributed by atoms with Gasteiger partial charge in [0.25, 0.3) is 5.91 Å². The zero-order valence-corrected chi connectivity index (χ0v) is 21.8. The number of carbonyl (C=O) groups is 2. The van der Waals surface area contributed by atoms with Crippen LogP contribution in [-0.2, 0) is 12.7 Å². The van der Waals surface area contributed by atoms with E-state index < -0.39 is 41.3 Å². The van der Waals surface area contributed by atoms with Crippen molar-refractivity contribution in [1.82, 2.24) is 20.3 Å². The van der Waals surface area contributed by atoms with Crippen LogP contribution in [0.5, 0.6) is 0 Å². The molecule has 214 valence electrons. The molecule has 0 fully saturated rings. The fourth-order valence-corrected chi connectivity index (χ4v) is 4.56. The number of alkyl halides is 3. The molecule has 1 atom stereocenters. The zero-order chi connectivity index (χ0) is 30.2. The molecule has 1 aromatic heterocycles. The first-order valence-corrected chi connectivity index (χ1v) is 12.5. The van der Waals surface area contributed by atoms with E-state index in [0.717, 1.165) is 12.1 Å². The van der Waals surface area contributed by atoms with Gasteiger partial charge in [0, 0.05) is 0 Å². The number of rotatable bonds is 7. The average molecular weight is 581 g/mol. The molecule has 12 heteroatoms. The Morgan fingerprint density at radius 3 is 2.33 bits per heavy atom. The highest BCUT2D eigenvalue weighted by atomic mass is 19.4. The number of carboxylic acids is 1. The van der Waals surface area contributed by atoms with Gasteiger partial charge in [-0.2, -0.15) is 13.2 Å². The Balaban J connectivity index is 1.55. The number of aromatic nitrogens is 3. The van der Waals surface area contributed by atoms with Crippen LogP contribution in [0.4, 0.5) is 22.0 Å². The van der Waals surface area contributed by atoms with Gasteiger partial charge < -0.3 is 10.4 Å². The topological polar surface area (TPSA) is 97.1 Å². The van der Waals surface area contributed by atoms with E-state index in [2.05, 4.69) is 15.6 Å². The Hall–Kier alpha value is -5.13. The van der Waals surface area contributed by atoms with E-state index in [-0.39, 0.29) is 34.3 Å². The molecule has 0 radical (unpaired) electrons. The first-order valence-electron chi connectivity index (χ1n) is 12.5. The largest absolute Gasteiger partial charge is 0.478 e. The Morgan fingerprint density at radius 2 is 1.69 bits per heavy atom. The summed E-state index contributed by atoms with van der Waals surface area (Å²) in [6, 6.07) is 16.7. The lowest BCUT2D eigenvalue weighted by atomic mass is 10.00. The third-order valence-electron chi connectivity index (χ3n) is 6.69. The standard InChI is InChI=1S/C30H21F5N4O3/c1-16(18-6-8-19(9-7-18)29(41)42)36-28(40)23-13-21(20-3-2-4-22(31)12-20)14-26-27(23)39(38-37-26)15-17-5-10-24(25(32)11-17)30(33,34)35/h2-14,16H,15H2,1H3,(H,36,40)(H,41,42)/t16-/m0/s1. The van der Waals surface area contributed by atoms with Gasteiger partial charge in [-0.3, -0.25) is 4.79 Å². The van der Waals surface area contributed by atoms with Crippen molar-refractivity contribution in [2.75, 3.05) is 0 Å². The van der Waals surface area contributed by atoms with Gasteiger partial charge >= 0.3 is 12.1 Å². The molecular weight excluding hydrogens is 559 g/mol. The molecule has 2 N–H and O–H groups in total. The number of hydrogen-bond acceptors (Lipinski definition) is 4. The summed E-state index contributed by atoms with van der Waals surface area (Å²) in [6.07, 6.45) is -4.86. The van der Waals surface area contributed by atoms with Crippen LogP contribution in [0.2, 0.25) is 0 Å². The molecule has 4 aromatic carbocycles. The first-order chi connectivity index (χ1) is 19.9. The number of nitrogens with zero attached hydrogens (tertiary/aromatic N) is 3. The van der Waals surface area contributed by atoms with Gasteiger partial charge in [0.05, 0.1) is 29.3 Å². The SMILES string of the molecule is C[C@H](NC(=O)c1cc(-c2cccc(F)c2)cc2nnn(Cc3ccc(C(F)(F)F)c(F)c3)c12)c1ccc(C(=O)O)cc1. The molecule has 0 aliphatic rings. The highest BCUT2D eigenvalue weighted by molar-refractivity contribution is 6.06. The Labute approximate surface area is 235 Å². The molecule has 0 spiro atoms. The number of halogens is 5. The second kappa shape index (κ2) is 11.0. The van der Waals surface area contributed by atoms with Crippen LogP contribution in [0.3, 0.4) is 0 Å². The molecule has 0 saturated heterocycles. The van der Waals surface area contributed by atoms with Crippen LogP contribution in [-0.4, -0.2) is 32.0 Å². The Bertz CT molecular complexity index is 1820. The molecular formula is C30H21F5N4O3.